The molecule has 0 radical (unpaired) electrons. The molecule has 1 aromatic carbocycles. The average Bonchev–Trinajstić information content (AvgIpc) is 2.50. The molecule has 0 atom stereocenters. The standard InChI is InChI=1S/C17H25NO/c1-3-19-15-6-4-14(5-7-15)16-8-11-17(18-2,12-9-16)13-10-16/h4-7,18H,3,8-13H2,1-2H3. The third-order valence-corrected chi connectivity index (χ3v) is 5.55. The van der Waals surface area contributed by atoms with Crippen LogP contribution < -0.4 is 10.1 Å². The minimum atomic E-state index is 0.448. The van der Waals surface area contributed by atoms with Crippen LogP contribution in [0.5, 0.6) is 5.75 Å². The highest BCUT2D eigenvalue weighted by Crippen LogP contribution is 2.53. The van der Waals surface area contributed by atoms with E-state index in [0.717, 1.165) is 12.4 Å². The maximum Gasteiger partial charge on any atom is 0.119 e. The Kier molecular flexibility index (Phi) is 3.30. The van der Waals surface area contributed by atoms with Crippen molar-refractivity contribution < 1.29 is 4.74 Å². The molecule has 0 amide bonds. The minimum absolute atomic E-state index is 0.448. The molecular formula is C17H25NO. The summed E-state index contributed by atoms with van der Waals surface area (Å²) in [5.41, 5.74) is 2.43. The van der Waals surface area contributed by atoms with Gasteiger partial charge in [-0.2, -0.15) is 0 Å². The molecule has 104 valence electrons. The lowest BCUT2D eigenvalue weighted by atomic mass is 9.55. The summed E-state index contributed by atoms with van der Waals surface area (Å²) in [5, 5.41) is 3.58. The van der Waals surface area contributed by atoms with Crippen LogP contribution in [0.15, 0.2) is 24.3 Å². The molecule has 3 aliphatic carbocycles. The van der Waals surface area contributed by atoms with E-state index in [2.05, 4.69) is 36.6 Å². The monoisotopic (exact) mass is 259 g/mol. The van der Waals surface area contributed by atoms with Crippen molar-refractivity contribution in [3.63, 3.8) is 0 Å². The van der Waals surface area contributed by atoms with Gasteiger partial charge in [-0.3, -0.25) is 0 Å². The van der Waals surface area contributed by atoms with E-state index >= 15 is 0 Å². The van der Waals surface area contributed by atoms with Crippen molar-refractivity contribution in [2.75, 3.05) is 13.7 Å². The smallest absolute Gasteiger partial charge is 0.119 e. The second-order valence-corrected chi connectivity index (χ2v) is 6.27. The van der Waals surface area contributed by atoms with Crippen LogP contribution in [-0.4, -0.2) is 19.2 Å². The molecule has 2 nitrogen and oxygen atoms in total. The Morgan fingerprint density at radius 2 is 1.58 bits per heavy atom. The Balaban J connectivity index is 1.79. The van der Waals surface area contributed by atoms with E-state index in [1.165, 1.54) is 44.1 Å². The summed E-state index contributed by atoms with van der Waals surface area (Å²) in [7, 11) is 2.13. The minimum Gasteiger partial charge on any atom is -0.494 e. The lowest BCUT2D eigenvalue weighted by Gasteiger charge is -2.54. The van der Waals surface area contributed by atoms with Gasteiger partial charge >= 0.3 is 0 Å². The summed E-state index contributed by atoms with van der Waals surface area (Å²) < 4.78 is 5.55. The van der Waals surface area contributed by atoms with E-state index in [4.69, 9.17) is 4.74 Å². The molecule has 0 unspecified atom stereocenters. The molecule has 0 heterocycles. The molecule has 3 aliphatic rings. The first-order valence-corrected chi connectivity index (χ1v) is 7.64. The maximum absolute atomic E-state index is 5.55. The SMILES string of the molecule is CCOc1ccc(C23CCC(NC)(CC2)CC3)cc1. The zero-order valence-corrected chi connectivity index (χ0v) is 12.2. The van der Waals surface area contributed by atoms with Crippen molar-refractivity contribution in [2.45, 2.75) is 56.4 Å². The molecule has 0 saturated heterocycles. The largest absolute Gasteiger partial charge is 0.494 e. The van der Waals surface area contributed by atoms with Gasteiger partial charge in [0.1, 0.15) is 5.75 Å². The molecule has 3 fully saturated rings. The van der Waals surface area contributed by atoms with Gasteiger partial charge in [0, 0.05) is 5.54 Å². The van der Waals surface area contributed by atoms with Crippen LogP contribution in [0.2, 0.25) is 0 Å². The number of benzene rings is 1. The zero-order chi connectivity index (χ0) is 13.3. The molecule has 0 spiro atoms. The van der Waals surface area contributed by atoms with Gasteiger partial charge in [-0.05, 0) is 75.6 Å². The number of hydrogen-bond acceptors (Lipinski definition) is 2. The number of ether oxygens (including phenoxy) is 1. The number of nitrogens with one attached hydrogen (secondary N) is 1. The quantitative estimate of drug-likeness (QED) is 0.891. The highest BCUT2D eigenvalue weighted by atomic mass is 16.5. The summed E-state index contributed by atoms with van der Waals surface area (Å²) in [5.74, 6) is 0.999. The number of fused-ring (bicyclic) bond motifs is 3. The van der Waals surface area contributed by atoms with Crippen molar-refractivity contribution in [2.24, 2.45) is 0 Å². The summed E-state index contributed by atoms with van der Waals surface area (Å²) in [6.45, 7) is 2.78. The van der Waals surface area contributed by atoms with Gasteiger partial charge in [0.05, 0.1) is 6.61 Å². The molecule has 2 bridgehead atoms. The van der Waals surface area contributed by atoms with Crippen molar-refractivity contribution in [1.29, 1.82) is 0 Å². The third-order valence-electron chi connectivity index (χ3n) is 5.55. The van der Waals surface area contributed by atoms with Gasteiger partial charge in [-0.25, -0.2) is 0 Å². The van der Waals surface area contributed by atoms with Gasteiger partial charge in [-0.1, -0.05) is 12.1 Å². The first-order valence-electron chi connectivity index (χ1n) is 7.64. The Morgan fingerprint density at radius 1 is 1.00 bits per heavy atom. The molecular weight excluding hydrogens is 234 g/mol. The second kappa shape index (κ2) is 4.82. The van der Waals surface area contributed by atoms with Crippen LogP contribution >= 0.6 is 0 Å². The number of rotatable bonds is 4. The van der Waals surface area contributed by atoms with Gasteiger partial charge < -0.3 is 10.1 Å². The summed E-state index contributed by atoms with van der Waals surface area (Å²) >= 11 is 0. The van der Waals surface area contributed by atoms with E-state index in [1.807, 2.05) is 6.92 Å². The van der Waals surface area contributed by atoms with Crippen LogP contribution in [0, 0.1) is 0 Å². The van der Waals surface area contributed by atoms with E-state index in [-0.39, 0.29) is 0 Å². The van der Waals surface area contributed by atoms with Crippen molar-refractivity contribution in [3.05, 3.63) is 29.8 Å². The van der Waals surface area contributed by atoms with Crippen LogP contribution in [0.4, 0.5) is 0 Å². The molecule has 3 saturated carbocycles. The molecule has 19 heavy (non-hydrogen) atoms. The first-order chi connectivity index (χ1) is 9.22. The third kappa shape index (κ3) is 2.16. The van der Waals surface area contributed by atoms with E-state index in [0.29, 0.717) is 11.0 Å². The maximum atomic E-state index is 5.55. The van der Waals surface area contributed by atoms with Crippen molar-refractivity contribution >= 4 is 0 Å². The lowest BCUT2D eigenvalue weighted by Crippen LogP contribution is -2.54. The Labute approximate surface area is 116 Å². The lowest BCUT2D eigenvalue weighted by molar-refractivity contribution is 0.0834. The van der Waals surface area contributed by atoms with E-state index < -0.39 is 0 Å². The average molecular weight is 259 g/mol. The van der Waals surface area contributed by atoms with Crippen molar-refractivity contribution in [1.82, 2.24) is 5.32 Å². The summed E-state index contributed by atoms with van der Waals surface area (Å²) in [4.78, 5) is 0. The van der Waals surface area contributed by atoms with Crippen LogP contribution in [0.25, 0.3) is 0 Å². The highest BCUT2D eigenvalue weighted by molar-refractivity contribution is 5.34. The molecule has 1 N–H and O–H groups in total. The molecule has 1 aromatic rings. The molecule has 0 aliphatic heterocycles. The summed E-state index contributed by atoms with van der Waals surface area (Å²) in [6, 6.07) is 8.87. The van der Waals surface area contributed by atoms with Crippen molar-refractivity contribution in [3.8, 4) is 5.75 Å². The second-order valence-electron chi connectivity index (χ2n) is 6.27. The van der Waals surface area contributed by atoms with E-state index in [9.17, 15) is 0 Å². The van der Waals surface area contributed by atoms with Crippen LogP contribution in [0.1, 0.15) is 51.0 Å². The fourth-order valence-corrected chi connectivity index (χ4v) is 4.07. The Morgan fingerprint density at radius 3 is 2.05 bits per heavy atom. The van der Waals surface area contributed by atoms with Crippen LogP contribution in [-0.2, 0) is 5.41 Å². The highest BCUT2D eigenvalue weighted by Gasteiger charge is 2.48. The molecule has 2 heteroatoms. The van der Waals surface area contributed by atoms with Gasteiger partial charge in [0.15, 0.2) is 0 Å². The van der Waals surface area contributed by atoms with Gasteiger partial charge in [-0.15, -0.1) is 0 Å². The molecule has 0 aromatic heterocycles. The first kappa shape index (κ1) is 13.0. The predicted octanol–water partition coefficient (Wildman–Crippen LogP) is 3.65. The fraction of sp³-hybridized carbons (Fsp3) is 0.647. The predicted molar refractivity (Wildman–Crippen MR) is 78.8 cm³/mol. The normalized spacial score (nSPS) is 33.4. The van der Waals surface area contributed by atoms with Gasteiger partial charge in [0.25, 0.3) is 0 Å². The summed E-state index contributed by atoms with van der Waals surface area (Å²) in [6.07, 6.45) is 8.00. The molecule has 4 rings (SSSR count). The van der Waals surface area contributed by atoms with Crippen LogP contribution in [0.3, 0.4) is 0 Å². The zero-order valence-electron chi connectivity index (χ0n) is 12.2. The Hall–Kier alpha value is -1.02. The van der Waals surface area contributed by atoms with Gasteiger partial charge in [0.2, 0.25) is 0 Å². The Bertz CT molecular complexity index is 413. The number of hydrogen-bond donors (Lipinski definition) is 1. The van der Waals surface area contributed by atoms with E-state index in [1.54, 1.807) is 0 Å². The fourth-order valence-electron chi connectivity index (χ4n) is 4.07. The topological polar surface area (TPSA) is 21.3 Å².